The van der Waals surface area contributed by atoms with Crippen molar-refractivity contribution in [2.45, 2.75) is 63.3 Å². The first-order valence-corrected chi connectivity index (χ1v) is 6.89. The van der Waals surface area contributed by atoms with Crippen LogP contribution in [0.25, 0.3) is 0 Å². The third-order valence-corrected chi connectivity index (χ3v) is 4.35. The van der Waals surface area contributed by atoms with Crippen LogP contribution in [0, 0.1) is 5.92 Å². The summed E-state index contributed by atoms with van der Waals surface area (Å²) in [5, 5.41) is 3.40. The van der Waals surface area contributed by atoms with E-state index in [1.54, 1.807) is 0 Å². The molecule has 5 heteroatoms. The third-order valence-electron chi connectivity index (χ3n) is 4.35. The minimum atomic E-state index is -4.03. The lowest BCUT2D eigenvalue weighted by atomic mass is 9.74. The highest BCUT2D eigenvalue weighted by Crippen LogP contribution is 2.45. The van der Waals surface area contributed by atoms with Crippen molar-refractivity contribution in [3.63, 3.8) is 0 Å². The molecule has 2 rings (SSSR count). The first-order chi connectivity index (χ1) is 8.45. The van der Waals surface area contributed by atoms with Gasteiger partial charge in [0.1, 0.15) is 0 Å². The molecule has 0 bridgehead atoms. The first-order valence-electron chi connectivity index (χ1n) is 6.89. The van der Waals surface area contributed by atoms with Crippen molar-refractivity contribution in [3.05, 3.63) is 0 Å². The Hall–Kier alpha value is -0.290. The summed E-state index contributed by atoms with van der Waals surface area (Å²) in [6, 6.07) is 0.409. The maximum atomic E-state index is 12.6. The Bertz CT molecular complexity index is 270. The van der Waals surface area contributed by atoms with Gasteiger partial charge >= 0.3 is 6.18 Å². The highest BCUT2D eigenvalue weighted by Gasteiger charge is 2.47. The predicted molar refractivity (Wildman–Crippen MR) is 63.4 cm³/mol. The van der Waals surface area contributed by atoms with Crippen LogP contribution in [-0.2, 0) is 4.74 Å². The smallest absolute Gasteiger partial charge is 0.375 e. The molecule has 106 valence electrons. The third kappa shape index (κ3) is 3.18. The second kappa shape index (κ2) is 5.37. The van der Waals surface area contributed by atoms with Crippen LogP contribution in [0.3, 0.4) is 0 Å². The van der Waals surface area contributed by atoms with Crippen LogP contribution in [0.5, 0.6) is 0 Å². The summed E-state index contributed by atoms with van der Waals surface area (Å²) in [6.45, 7) is 3.64. The topological polar surface area (TPSA) is 21.3 Å². The van der Waals surface area contributed by atoms with Gasteiger partial charge in [0.15, 0.2) is 0 Å². The van der Waals surface area contributed by atoms with E-state index in [4.69, 9.17) is 4.74 Å². The number of hydrogen-bond acceptors (Lipinski definition) is 2. The van der Waals surface area contributed by atoms with E-state index in [0.717, 1.165) is 19.4 Å². The number of alkyl halides is 3. The van der Waals surface area contributed by atoms with Crippen molar-refractivity contribution in [1.82, 2.24) is 5.32 Å². The van der Waals surface area contributed by atoms with Gasteiger partial charge in [-0.1, -0.05) is 6.92 Å². The molecule has 2 nitrogen and oxygen atoms in total. The summed E-state index contributed by atoms with van der Waals surface area (Å²) in [4.78, 5) is 0. The number of nitrogens with one attached hydrogen (secondary N) is 1. The quantitative estimate of drug-likeness (QED) is 0.827. The maximum Gasteiger partial charge on any atom is 0.391 e. The first kappa shape index (κ1) is 14.1. The molecule has 1 spiro atoms. The summed E-state index contributed by atoms with van der Waals surface area (Å²) in [7, 11) is 0. The molecule has 0 aromatic carbocycles. The predicted octanol–water partition coefficient (Wildman–Crippen LogP) is 3.27. The lowest BCUT2D eigenvalue weighted by Crippen LogP contribution is -2.49. The Morgan fingerprint density at radius 3 is 2.44 bits per heavy atom. The summed E-state index contributed by atoms with van der Waals surface area (Å²) < 4.78 is 43.8. The van der Waals surface area contributed by atoms with Gasteiger partial charge in [-0.2, -0.15) is 13.2 Å². The van der Waals surface area contributed by atoms with Gasteiger partial charge in [-0.15, -0.1) is 0 Å². The molecule has 1 aliphatic carbocycles. The number of hydrogen-bond donors (Lipinski definition) is 1. The summed E-state index contributed by atoms with van der Waals surface area (Å²) >= 11 is 0. The zero-order chi connectivity index (χ0) is 13.2. The maximum absolute atomic E-state index is 12.6. The van der Waals surface area contributed by atoms with E-state index in [-0.39, 0.29) is 18.4 Å². The molecule has 2 fully saturated rings. The molecule has 1 heterocycles. The molecule has 1 atom stereocenters. The van der Waals surface area contributed by atoms with Gasteiger partial charge < -0.3 is 10.1 Å². The van der Waals surface area contributed by atoms with Crippen molar-refractivity contribution in [3.8, 4) is 0 Å². The van der Waals surface area contributed by atoms with Crippen molar-refractivity contribution in [2.75, 3.05) is 13.2 Å². The molecule has 0 aromatic rings. The largest absolute Gasteiger partial charge is 0.391 e. The van der Waals surface area contributed by atoms with Crippen molar-refractivity contribution in [1.29, 1.82) is 0 Å². The van der Waals surface area contributed by atoms with Crippen LogP contribution in [0.4, 0.5) is 13.2 Å². The lowest BCUT2D eigenvalue weighted by molar-refractivity contribution is -0.201. The van der Waals surface area contributed by atoms with Crippen LogP contribution >= 0.6 is 0 Å². The standard InChI is InChI=1S/C13H22F3NO/c1-2-17-11-5-8-18-12(9-11)6-3-10(4-7-12)13(14,15)16/h10-11,17H,2-9H2,1H3. The second-order valence-electron chi connectivity index (χ2n) is 5.59. The minimum Gasteiger partial charge on any atom is -0.375 e. The summed E-state index contributed by atoms with van der Waals surface area (Å²) in [6.07, 6.45) is -0.635. The molecular weight excluding hydrogens is 243 g/mol. The Morgan fingerprint density at radius 1 is 1.22 bits per heavy atom. The fraction of sp³-hybridized carbons (Fsp3) is 1.00. The molecule has 2 aliphatic rings. The highest BCUT2D eigenvalue weighted by molar-refractivity contribution is 4.94. The number of ether oxygens (including phenoxy) is 1. The van der Waals surface area contributed by atoms with Gasteiger partial charge in [-0.05, 0) is 45.1 Å². The van der Waals surface area contributed by atoms with Crippen molar-refractivity contribution >= 4 is 0 Å². The Morgan fingerprint density at radius 2 is 1.89 bits per heavy atom. The van der Waals surface area contributed by atoms with Gasteiger partial charge in [0.25, 0.3) is 0 Å². The molecule has 0 aromatic heterocycles. The van der Waals surface area contributed by atoms with Gasteiger partial charge in [-0.3, -0.25) is 0 Å². The minimum absolute atomic E-state index is 0.225. The van der Waals surface area contributed by atoms with Gasteiger partial charge in [0, 0.05) is 12.6 Å². The van der Waals surface area contributed by atoms with E-state index in [1.807, 2.05) is 0 Å². The average molecular weight is 265 g/mol. The highest BCUT2D eigenvalue weighted by atomic mass is 19.4. The fourth-order valence-electron chi connectivity index (χ4n) is 3.31. The molecule has 1 unspecified atom stereocenters. The number of rotatable bonds is 2. The van der Waals surface area contributed by atoms with Crippen molar-refractivity contribution < 1.29 is 17.9 Å². The molecule has 18 heavy (non-hydrogen) atoms. The lowest BCUT2D eigenvalue weighted by Gasteiger charge is -2.45. The number of halogens is 3. The Kier molecular flexibility index (Phi) is 4.22. The van der Waals surface area contributed by atoms with E-state index in [2.05, 4.69) is 12.2 Å². The normalized spacial score (nSPS) is 38.0. The fourth-order valence-corrected chi connectivity index (χ4v) is 3.31. The zero-order valence-corrected chi connectivity index (χ0v) is 10.9. The Labute approximate surface area is 106 Å². The molecule has 1 N–H and O–H groups in total. The van der Waals surface area contributed by atoms with Crippen LogP contribution in [0.2, 0.25) is 0 Å². The van der Waals surface area contributed by atoms with Crippen molar-refractivity contribution in [2.24, 2.45) is 5.92 Å². The summed E-state index contributed by atoms with van der Waals surface area (Å²) in [5.41, 5.74) is -0.285. The van der Waals surface area contributed by atoms with E-state index in [0.29, 0.717) is 25.5 Å². The zero-order valence-electron chi connectivity index (χ0n) is 10.9. The van der Waals surface area contributed by atoms with Crippen LogP contribution in [0.15, 0.2) is 0 Å². The SMILES string of the molecule is CCNC1CCOC2(CCC(C(F)(F)F)CC2)C1. The molecule has 0 radical (unpaired) electrons. The van der Waals surface area contributed by atoms with Gasteiger partial charge in [0.05, 0.1) is 11.5 Å². The molecule has 1 saturated carbocycles. The average Bonchev–Trinajstić information content (AvgIpc) is 2.29. The van der Waals surface area contributed by atoms with E-state index < -0.39 is 12.1 Å². The Balaban J connectivity index is 1.90. The van der Waals surface area contributed by atoms with E-state index in [1.165, 1.54) is 0 Å². The van der Waals surface area contributed by atoms with Gasteiger partial charge in [0.2, 0.25) is 0 Å². The second-order valence-corrected chi connectivity index (χ2v) is 5.59. The molecular formula is C13H22F3NO. The molecule has 1 aliphatic heterocycles. The van der Waals surface area contributed by atoms with Crippen LogP contribution in [-0.4, -0.2) is 31.0 Å². The molecule has 0 amide bonds. The summed E-state index contributed by atoms with van der Waals surface area (Å²) in [5.74, 6) is -1.12. The van der Waals surface area contributed by atoms with Crippen LogP contribution in [0.1, 0.15) is 45.4 Å². The monoisotopic (exact) mass is 265 g/mol. The molecule has 1 saturated heterocycles. The van der Waals surface area contributed by atoms with E-state index >= 15 is 0 Å². The van der Waals surface area contributed by atoms with Crippen LogP contribution < -0.4 is 5.32 Å². The van der Waals surface area contributed by atoms with Gasteiger partial charge in [-0.25, -0.2) is 0 Å². The van der Waals surface area contributed by atoms with E-state index in [9.17, 15) is 13.2 Å².